The Hall–Kier alpha value is -3.14. The van der Waals surface area contributed by atoms with E-state index in [4.69, 9.17) is 5.26 Å². The number of nitrogens with one attached hydrogen (secondary N) is 2. The van der Waals surface area contributed by atoms with Gasteiger partial charge in [0.05, 0.1) is 11.6 Å². The van der Waals surface area contributed by atoms with E-state index < -0.39 is 0 Å². The van der Waals surface area contributed by atoms with Crippen LogP contribution in [0.3, 0.4) is 0 Å². The van der Waals surface area contributed by atoms with Crippen LogP contribution < -0.4 is 15.5 Å². The zero-order valence-corrected chi connectivity index (χ0v) is 15.3. The molecule has 0 bridgehead atoms. The number of piperidine rings is 1. The maximum absolute atomic E-state index is 14.0. The molecule has 2 aromatic rings. The third-order valence-corrected chi connectivity index (χ3v) is 4.66. The summed E-state index contributed by atoms with van der Waals surface area (Å²) in [6.07, 6.45) is 3.76. The molecule has 0 unspecified atom stereocenters. The van der Waals surface area contributed by atoms with Crippen LogP contribution in [0.5, 0.6) is 0 Å². The van der Waals surface area contributed by atoms with Gasteiger partial charge in [-0.25, -0.2) is 9.37 Å². The van der Waals surface area contributed by atoms with Crippen molar-refractivity contribution in [1.29, 1.82) is 5.26 Å². The fourth-order valence-electron chi connectivity index (χ4n) is 3.12. The van der Waals surface area contributed by atoms with E-state index in [0.29, 0.717) is 29.7 Å². The quantitative estimate of drug-likeness (QED) is 0.642. The van der Waals surface area contributed by atoms with Gasteiger partial charge in [0.2, 0.25) is 0 Å². The Kier molecular flexibility index (Phi) is 6.21. The van der Waals surface area contributed by atoms with Gasteiger partial charge in [0.1, 0.15) is 11.6 Å². The minimum atomic E-state index is -0.388. The van der Waals surface area contributed by atoms with E-state index in [1.54, 1.807) is 19.2 Å². The summed E-state index contributed by atoms with van der Waals surface area (Å²) in [6.45, 7) is 2.16. The van der Waals surface area contributed by atoms with Gasteiger partial charge in [-0.1, -0.05) is 12.1 Å². The lowest BCUT2D eigenvalue weighted by Crippen LogP contribution is -2.48. The Morgan fingerprint density at radius 2 is 2.15 bits per heavy atom. The summed E-state index contributed by atoms with van der Waals surface area (Å²) in [5, 5.41) is 15.4. The molecular formula is C20H23FN6. The topological polar surface area (TPSA) is 76.3 Å². The van der Waals surface area contributed by atoms with E-state index in [0.717, 1.165) is 31.7 Å². The first-order valence-electron chi connectivity index (χ1n) is 9.01. The number of guanidine groups is 1. The molecule has 0 amide bonds. The van der Waals surface area contributed by atoms with Crippen LogP contribution >= 0.6 is 0 Å². The highest BCUT2D eigenvalue weighted by Gasteiger charge is 2.20. The van der Waals surface area contributed by atoms with Crippen LogP contribution in [0.15, 0.2) is 47.6 Å². The standard InChI is InChI=1S/C20H23FN6/c1-23-20(25-14-16-6-5-15(13-22)12-18(16)21)26-17-7-10-27(11-8-17)19-4-2-3-9-24-19/h2-6,9,12,17H,7-8,10-11,14H2,1H3,(H2,23,25,26). The summed E-state index contributed by atoms with van der Waals surface area (Å²) >= 11 is 0. The highest BCUT2D eigenvalue weighted by atomic mass is 19.1. The molecule has 0 radical (unpaired) electrons. The number of hydrogen-bond acceptors (Lipinski definition) is 4. The molecule has 0 spiro atoms. The summed E-state index contributed by atoms with van der Waals surface area (Å²) in [5.41, 5.74) is 0.820. The molecule has 3 rings (SSSR count). The third kappa shape index (κ3) is 4.94. The first-order chi connectivity index (χ1) is 13.2. The molecule has 1 aliphatic heterocycles. The second kappa shape index (κ2) is 8.99. The minimum Gasteiger partial charge on any atom is -0.356 e. The molecule has 140 valence electrons. The summed E-state index contributed by atoms with van der Waals surface area (Å²) in [4.78, 5) is 10.9. The number of rotatable bonds is 4. The highest BCUT2D eigenvalue weighted by molar-refractivity contribution is 5.80. The average molecular weight is 366 g/mol. The molecule has 0 atom stereocenters. The van der Waals surface area contributed by atoms with Crippen molar-refractivity contribution >= 4 is 11.8 Å². The number of nitriles is 1. The number of aliphatic imine (C=N–C) groups is 1. The predicted octanol–water partition coefficient (Wildman–Crippen LogP) is 2.43. The van der Waals surface area contributed by atoms with Gasteiger partial charge >= 0.3 is 0 Å². The minimum absolute atomic E-state index is 0.307. The first kappa shape index (κ1) is 18.6. The molecule has 1 aromatic heterocycles. The van der Waals surface area contributed by atoms with Crippen molar-refractivity contribution in [2.45, 2.75) is 25.4 Å². The Morgan fingerprint density at radius 1 is 1.33 bits per heavy atom. The monoisotopic (exact) mass is 366 g/mol. The zero-order chi connectivity index (χ0) is 19.1. The average Bonchev–Trinajstić information content (AvgIpc) is 2.73. The molecule has 1 aliphatic rings. The van der Waals surface area contributed by atoms with Crippen molar-refractivity contribution in [3.8, 4) is 6.07 Å². The van der Waals surface area contributed by atoms with Crippen LogP contribution in [0.2, 0.25) is 0 Å². The van der Waals surface area contributed by atoms with E-state index in [1.165, 1.54) is 6.07 Å². The van der Waals surface area contributed by atoms with Crippen molar-refractivity contribution in [3.05, 3.63) is 59.5 Å². The van der Waals surface area contributed by atoms with Gasteiger partial charge in [-0.3, -0.25) is 4.99 Å². The van der Waals surface area contributed by atoms with Gasteiger partial charge in [0, 0.05) is 44.5 Å². The third-order valence-electron chi connectivity index (χ3n) is 4.66. The zero-order valence-electron chi connectivity index (χ0n) is 15.3. The molecule has 2 N–H and O–H groups in total. The predicted molar refractivity (Wildman–Crippen MR) is 104 cm³/mol. The van der Waals surface area contributed by atoms with Gasteiger partial charge in [0.25, 0.3) is 0 Å². The Labute approximate surface area is 158 Å². The maximum atomic E-state index is 14.0. The summed E-state index contributed by atoms with van der Waals surface area (Å²) in [6, 6.07) is 12.7. The number of anilines is 1. The molecule has 6 nitrogen and oxygen atoms in total. The molecule has 27 heavy (non-hydrogen) atoms. The molecule has 0 aliphatic carbocycles. The summed E-state index contributed by atoms with van der Waals surface area (Å²) in [7, 11) is 1.70. The lowest BCUT2D eigenvalue weighted by Gasteiger charge is -2.33. The molecule has 1 aromatic carbocycles. The van der Waals surface area contributed by atoms with E-state index >= 15 is 0 Å². The van der Waals surface area contributed by atoms with Crippen LogP contribution in [-0.4, -0.2) is 37.1 Å². The number of halogens is 1. The fourth-order valence-corrected chi connectivity index (χ4v) is 3.12. The second-order valence-electron chi connectivity index (χ2n) is 6.44. The van der Waals surface area contributed by atoms with Gasteiger partial charge in [0.15, 0.2) is 5.96 Å². The smallest absolute Gasteiger partial charge is 0.191 e. The van der Waals surface area contributed by atoms with Crippen molar-refractivity contribution in [3.63, 3.8) is 0 Å². The number of nitrogens with zero attached hydrogens (tertiary/aromatic N) is 4. The van der Waals surface area contributed by atoms with Gasteiger partial charge in [-0.2, -0.15) is 5.26 Å². The number of pyridine rings is 1. The molecule has 1 fully saturated rings. The highest BCUT2D eigenvalue weighted by Crippen LogP contribution is 2.17. The van der Waals surface area contributed by atoms with Crippen molar-refractivity contribution in [1.82, 2.24) is 15.6 Å². The van der Waals surface area contributed by atoms with E-state index in [2.05, 4.69) is 25.5 Å². The van der Waals surface area contributed by atoms with Crippen LogP contribution in [-0.2, 0) is 6.54 Å². The fraction of sp³-hybridized carbons (Fsp3) is 0.350. The summed E-state index contributed by atoms with van der Waals surface area (Å²) in [5.74, 6) is 1.27. The van der Waals surface area contributed by atoms with Crippen LogP contribution in [0.25, 0.3) is 0 Å². The normalized spacial score (nSPS) is 15.3. The lowest BCUT2D eigenvalue weighted by molar-refractivity contribution is 0.459. The van der Waals surface area contributed by atoms with Crippen molar-refractivity contribution < 1.29 is 4.39 Å². The molecule has 1 saturated heterocycles. The molecule has 7 heteroatoms. The largest absolute Gasteiger partial charge is 0.356 e. The van der Waals surface area contributed by atoms with Gasteiger partial charge < -0.3 is 15.5 Å². The summed E-state index contributed by atoms with van der Waals surface area (Å²) < 4.78 is 14.0. The van der Waals surface area contributed by atoms with Crippen LogP contribution in [0.1, 0.15) is 24.0 Å². The van der Waals surface area contributed by atoms with E-state index in [-0.39, 0.29) is 5.82 Å². The first-order valence-corrected chi connectivity index (χ1v) is 9.01. The molecular weight excluding hydrogens is 343 g/mol. The lowest BCUT2D eigenvalue weighted by atomic mass is 10.1. The van der Waals surface area contributed by atoms with E-state index in [1.807, 2.05) is 30.5 Å². The van der Waals surface area contributed by atoms with Crippen molar-refractivity contribution in [2.75, 3.05) is 25.0 Å². The van der Waals surface area contributed by atoms with E-state index in [9.17, 15) is 4.39 Å². The van der Waals surface area contributed by atoms with Gasteiger partial charge in [-0.05, 0) is 37.1 Å². The molecule has 2 heterocycles. The Morgan fingerprint density at radius 3 is 2.78 bits per heavy atom. The maximum Gasteiger partial charge on any atom is 0.191 e. The Balaban J connectivity index is 1.49. The van der Waals surface area contributed by atoms with Crippen LogP contribution in [0, 0.1) is 17.1 Å². The SMILES string of the molecule is CN=C(NCc1ccc(C#N)cc1F)NC1CCN(c2ccccn2)CC1. The van der Waals surface area contributed by atoms with Crippen molar-refractivity contribution in [2.24, 2.45) is 4.99 Å². The number of benzene rings is 1. The number of aromatic nitrogens is 1. The number of hydrogen-bond donors (Lipinski definition) is 2. The van der Waals surface area contributed by atoms with Gasteiger partial charge in [-0.15, -0.1) is 0 Å². The van der Waals surface area contributed by atoms with Crippen LogP contribution in [0.4, 0.5) is 10.2 Å². The molecule has 0 saturated carbocycles. The Bertz CT molecular complexity index is 822. The second-order valence-corrected chi connectivity index (χ2v) is 6.44.